The van der Waals surface area contributed by atoms with Crippen molar-refractivity contribution < 1.29 is 23.1 Å². The maximum Gasteiger partial charge on any atom is 0.262 e. The van der Waals surface area contributed by atoms with Crippen molar-refractivity contribution in [2.45, 2.75) is 30.9 Å². The van der Waals surface area contributed by atoms with E-state index in [1.165, 1.54) is 24.3 Å². The van der Waals surface area contributed by atoms with Gasteiger partial charge in [0.05, 0.1) is 28.8 Å². The molecule has 2 aromatic rings. The van der Waals surface area contributed by atoms with Gasteiger partial charge in [-0.1, -0.05) is 24.6 Å². The molecule has 2 aromatic carbocycles. The molecule has 2 N–H and O–H groups in total. The number of carbonyl (C=O) groups excluding carboxylic acids is 1. The van der Waals surface area contributed by atoms with Gasteiger partial charge >= 0.3 is 0 Å². The Morgan fingerprint density at radius 2 is 1.91 bits per heavy atom. The fourth-order valence-corrected chi connectivity index (χ4v) is 4.91. The molecule has 1 aliphatic rings. The van der Waals surface area contributed by atoms with E-state index in [9.17, 15) is 18.3 Å². The van der Waals surface area contributed by atoms with Gasteiger partial charge in [0.1, 0.15) is 6.10 Å². The Balaban J connectivity index is 2.09. The van der Waals surface area contributed by atoms with Gasteiger partial charge in [-0.2, -0.15) is 0 Å². The van der Waals surface area contributed by atoms with Crippen LogP contribution in [0.4, 0.5) is 5.69 Å². The number of aliphatic hydroxyl groups is 1. The van der Waals surface area contributed by atoms with Gasteiger partial charge in [-0.05, 0) is 57.4 Å². The highest BCUT2D eigenvalue weighted by Gasteiger charge is 2.34. The SMILES string of the molecule is C[C@H](CO)N1C[C@H](C)[C@H](CN(C)C)Oc2c(NS(=O)(=O)c3ccc(Cl)cc3)cccc2C1=O. The van der Waals surface area contributed by atoms with Crippen molar-refractivity contribution in [1.29, 1.82) is 0 Å². The van der Waals surface area contributed by atoms with E-state index in [1.54, 1.807) is 30.0 Å². The minimum Gasteiger partial charge on any atom is -0.486 e. The summed E-state index contributed by atoms with van der Waals surface area (Å²) < 4.78 is 35.0. The zero-order valence-corrected chi connectivity index (χ0v) is 20.7. The quantitative estimate of drug-likeness (QED) is 0.612. The van der Waals surface area contributed by atoms with Crippen LogP contribution in [-0.2, 0) is 10.0 Å². The van der Waals surface area contributed by atoms with Crippen LogP contribution < -0.4 is 9.46 Å². The Labute approximate surface area is 200 Å². The lowest BCUT2D eigenvalue weighted by Crippen LogP contribution is -2.49. The van der Waals surface area contributed by atoms with Crippen LogP contribution in [0.15, 0.2) is 47.4 Å². The molecule has 0 bridgehead atoms. The lowest BCUT2D eigenvalue weighted by Gasteiger charge is -2.38. The van der Waals surface area contributed by atoms with Gasteiger partial charge in [0.25, 0.3) is 15.9 Å². The zero-order valence-electron chi connectivity index (χ0n) is 19.2. The van der Waals surface area contributed by atoms with Crippen molar-refractivity contribution in [1.82, 2.24) is 9.80 Å². The van der Waals surface area contributed by atoms with Crippen molar-refractivity contribution in [2.75, 3.05) is 38.5 Å². The first-order valence-corrected chi connectivity index (χ1v) is 12.5. The van der Waals surface area contributed by atoms with Crippen LogP contribution in [-0.4, -0.2) is 75.2 Å². The topological polar surface area (TPSA) is 99.2 Å². The number of sulfonamides is 1. The summed E-state index contributed by atoms with van der Waals surface area (Å²) in [7, 11) is -0.113. The number of ether oxygens (including phenoxy) is 1. The minimum absolute atomic E-state index is 0.0374. The molecule has 0 unspecified atom stereocenters. The summed E-state index contributed by atoms with van der Waals surface area (Å²) in [5, 5.41) is 10.2. The van der Waals surface area contributed by atoms with Crippen molar-refractivity contribution >= 4 is 33.2 Å². The van der Waals surface area contributed by atoms with E-state index < -0.39 is 16.1 Å². The van der Waals surface area contributed by atoms with E-state index in [1.807, 2.05) is 25.9 Å². The summed E-state index contributed by atoms with van der Waals surface area (Å²) in [5.74, 6) is -0.220. The molecule has 10 heteroatoms. The number of nitrogens with one attached hydrogen (secondary N) is 1. The van der Waals surface area contributed by atoms with Crippen LogP contribution in [0.25, 0.3) is 0 Å². The Bertz CT molecular complexity index is 1090. The van der Waals surface area contributed by atoms with Gasteiger partial charge < -0.3 is 19.6 Å². The number of hydrogen-bond donors (Lipinski definition) is 2. The summed E-state index contributed by atoms with van der Waals surface area (Å²) in [4.78, 5) is 17.1. The Morgan fingerprint density at radius 3 is 2.52 bits per heavy atom. The number of para-hydroxylation sites is 1. The van der Waals surface area contributed by atoms with Crippen LogP contribution in [0.5, 0.6) is 5.75 Å². The molecule has 1 aliphatic heterocycles. The van der Waals surface area contributed by atoms with Gasteiger partial charge in [0, 0.05) is 24.0 Å². The van der Waals surface area contributed by atoms with Crippen molar-refractivity contribution in [3.05, 3.63) is 53.1 Å². The largest absolute Gasteiger partial charge is 0.486 e. The maximum absolute atomic E-state index is 13.4. The van der Waals surface area contributed by atoms with Crippen LogP contribution >= 0.6 is 11.6 Å². The number of likely N-dealkylation sites (N-methyl/N-ethyl adjacent to an activating group) is 1. The smallest absolute Gasteiger partial charge is 0.262 e. The van der Waals surface area contributed by atoms with Crippen molar-refractivity contribution in [3.8, 4) is 5.75 Å². The van der Waals surface area contributed by atoms with Crippen LogP contribution in [0.2, 0.25) is 5.02 Å². The zero-order chi connectivity index (χ0) is 24.3. The number of fused-ring (bicyclic) bond motifs is 1. The van der Waals surface area contributed by atoms with E-state index >= 15 is 0 Å². The van der Waals surface area contributed by atoms with Gasteiger partial charge in [-0.25, -0.2) is 8.42 Å². The lowest BCUT2D eigenvalue weighted by molar-refractivity contribution is 0.0366. The number of hydrogen-bond acceptors (Lipinski definition) is 6. The van der Waals surface area contributed by atoms with Gasteiger partial charge in [-0.15, -0.1) is 0 Å². The first kappa shape index (κ1) is 25.3. The highest BCUT2D eigenvalue weighted by atomic mass is 35.5. The van der Waals surface area contributed by atoms with Gasteiger partial charge in [0.15, 0.2) is 5.75 Å². The number of benzene rings is 2. The summed E-state index contributed by atoms with van der Waals surface area (Å²) >= 11 is 5.89. The van der Waals surface area contributed by atoms with Crippen LogP contribution in [0, 0.1) is 5.92 Å². The van der Waals surface area contributed by atoms with Gasteiger partial charge in [0.2, 0.25) is 0 Å². The average molecular weight is 496 g/mol. The highest BCUT2D eigenvalue weighted by molar-refractivity contribution is 7.92. The molecule has 180 valence electrons. The molecule has 0 fully saturated rings. The Morgan fingerprint density at radius 1 is 1.24 bits per heavy atom. The van der Waals surface area contributed by atoms with E-state index in [4.69, 9.17) is 16.3 Å². The third-order valence-electron chi connectivity index (χ3n) is 5.60. The molecule has 0 saturated heterocycles. The molecule has 0 radical (unpaired) electrons. The molecule has 33 heavy (non-hydrogen) atoms. The summed E-state index contributed by atoms with van der Waals surface area (Å²) in [5.41, 5.74) is 0.410. The number of anilines is 1. The summed E-state index contributed by atoms with van der Waals surface area (Å²) in [6.45, 7) is 4.54. The second-order valence-electron chi connectivity index (χ2n) is 8.63. The summed E-state index contributed by atoms with van der Waals surface area (Å²) in [6, 6.07) is 10.2. The lowest BCUT2D eigenvalue weighted by atomic mass is 9.99. The first-order valence-electron chi connectivity index (χ1n) is 10.7. The molecule has 1 amide bonds. The number of halogens is 1. The third-order valence-corrected chi connectivity index (χ3v) is 7.24. The number of amides is 1. The molecule has 0 saturated carbocycles. The maximum atomic E-state index is 13.4. The molecule has 0 aromatic heterocycles. The van der Waals surface area contributed by atoms with E-state index in [-0.39, 0.29) is 46.4 Å². The standard InChI is InChI=1S/C23H30ClN3O5S/c1-15-12-27(16(2)14-28)23(29)19-6-5-7-20(22(19)32-21(15)13-26(3)4)25-33(30,31)18-10-8-17(24)9-11-18/h5-11,15-16,21,25,28H,12-14H2,1-4H3/t15-,16+,21-/m0/s1. The second kappa shape index (κ2) is 10.3. The predicted octanol–water partition coefficient (Wildman–Crippen LogP) is 2.92. The van der Waals surface area contributed by atoms with Gasteiger partial charge in [-0.3, -0.25) is 9.52 Å². The molecular formula is C23H30ClN3O5S. The third kappa shape index (κ3) is 5.78. The molecule has 3 rings (SSSR count). The van der Waals surface area contributed by atoms with Crippen LogP contribution in [0.1, 0.15) is 24.2 Å². The van der Waals surface area contributed by atoms with Crippen LogP contribution in [0.3, 0.4) is 0 Å². The number of carbonyl (C=O) groups is 1. The molecule has 0 spiro atoms. The number of aliphatic hydroxyl groups excluding tert-OH is 1. The normalized spacial score (nSPS) is 20.0. The van der Waals surface area contributed by atoms with Crippen molar-refractivity contribution in [3.63, 3.8) is 0 Å². The van der Waals surface area contributed by atoms with E-state index in [0.717, 1.165) is 0 Å². The Hall–Kier alpha value is -2.33. The van der Waals surface area contributed by atoms with E-state index in [0.29, 0.717) is 18.1 Å². The number of rotatable bonds is 7. The van der Waals surface area contributed by atoms with E-state index in [2.05, 4.69) is 4.72 Å². The predicted molar refractivity (Wildman–Crippen MR) is 128 cm³/mol. The minimum atomic E-state index is -3.95. The second-order valence-corrected chi connectivity index (χ2v) is 10.7. The molecule has 1 heterocycles. The Kier molecular flexibility index (Phi) is 7.89. The summed E-state index contributed by atoms with van der Waals surface area (Å²) in [6.07, 6.45) is -0.318. The fourth-order valence-electron chi connectivity index (χ4n) is 3.72. The average Bonchev–Trinajstić information content (AvgIpc) is 2.76. The monoisotopic (exact) mass is 495 g/mol. The number of nitrogens with zero attached hydrogens (tertiary/aromatic N) is 2. The molecular weight excluding hydrogens is 466 g/mol. The highest BCUT2D eigenvalue weighted by Crippen LogP contribution is 2.36. The first-order chi connectivity index (χ1) is 15.5. The molecule has 0 aliphatic carbocycles. The molecule has 8 nitrogen and oxygen atoms in total. The van der Waals surface area contributed by atoms with Crippen molar-refractivity contribution in [2.24, 2.45) is 5.92 Å². The molecule has 3 atom stereocenters. The fraction of sp³-hybridized carbons (Fsp3) is 0.435.